The molecule has 0 spiro atoms. The highest BCUT2D eigenvalue weighted by Crippen LogP contribution is 2.15. The molecule has 0 aromatic heterocycles. The molecule has 1 amide bonds. The van der Waals surface area contributed by atoms with Crippen LogP contribution in [0.2, 0.25) is 0 Å². The number of hydrogen-bond acceptors (Lipinski definition) is 5. The number of carbonyl (C=O) groups excluding carboxylic acids is 1. The number of rotatable bonds is 12. The first-order chi connectivity index (χ1) is 11.9. The molecule has 0 radical (unpaired) electrons. The third kappa shape index (κ3) is 7.91. The van der Waals surface area contributed by atoms with Crippen molar-refractivity contribution in [2.24, 2.45) is 0 Å². The van der Waals surface area contributed by atoms with Crippen molar-refractivity contribution < 1.29 is 27.1 Å². The number of nitrogens with one attached hydrogen (secondary N) is 1. The van der Waals surface area contributed by atoms with E-state index in [1.54, 1.807) is 7.11 Å². The molecule has 0 fully saturated rings. The second kappa shape index (κ2) is 11.1. The largest absolute Gasteiger partial charge is 0.382 e. The summed E-state index contributed by atoms with van der Waals surface area (Å²) in [6, 6.07) is 4.64. The third-order valence-corrected chi connectivity index (χ3v) is 5.27. The van der Waals surface area contributed by atoms with Gasteiger partial charge in [0.25, 0.3) is 0 Å². The van der Waals surface area contributed by atoms with Crippen LogP contribution in [0.4, 0.5) is 4.39 Å². The van der Waals surface area contributed by atoms with Crippen molar-refractivity contribution >= 4 is 15.9 Å². The van der Waals surface area contributed by atoms with Gasteiger partial charge in [0.2, 0.25) is 15.9 Å². The van der Waals surface area contributed by atoms with Gasteiger partial charge in [0.1, 0.15) is 5.82 Å². The van der Waals surface area contributed by atoms with Crippen LogP contribution in [0.1, 0.15) is 12.8 Å². The van der Waals surface area contributed by atoms with Crippen LogP contribution in [0.25, 0.3) is 0 Å². The predicted molar refractivity (Wildman–Crippen MR) is 91.2 cm³/mol. The van der Waals surface area contributed by atoms with Crippen LogP contribution in [-0.2, 0) is 24.3 Å². The number of halogens is 1. The van der Waals surface area contributed by atoms with E-state index in [1.165, 1.54) is 19.2 Å². The Bertz CT molecular complexity index is 622. The van der Waals surface area contributed by atoms with Gasteiger partial charge in [0.05, 0.1) is 24.7 Å². The van der Waals surface area contributed by atoms with Gasteiger partial charge in [-0.05, 0) is 30.7 Å². The van der Waals surface area contributed by atoms with E-state index in [2.05, 4.69) is 5.32 Å². The summed E-state index contributed by atoms with van der Waals surface area (Å²) >= 11 is 0. The molecule has 25 heavy (non-hydrogen) atoms. The first-order valence-electron chi connectivity index (χ1n) is 7.93. The topological polar surface area (TPSA) is 84.9 Å². The summed E-state index contributed by atoms with van der Waals surface area (Å²) in [7, 11) is -0.668. The summed E-state index contributed by atoms with van der Waals surface area (Å²) in [6.07, 6.45) is 0.592. The molecular weight excluding hydrogens is 351 g/mol. The Kier molecular flexibility index (Phi) is 9.58. The molecule has 0 aliphatic rings. The molecule has 1 N–H and O–H groups in total. The summed E-state index contributed by atoms with van der Waals surface area (Å²) in [5.41, 5.74) is 0. The molecule has 9 heteroatoms. The van der Waals surface area contributed by atoms with Gasteiger partial charge in [-0.2, -0.15) is 0 Å². The van der Waals surface area contributed by atoms with Crippen LogP contribution in [0.3, 0.4) is 0 Å². The monoisotopic (exact) mass is 376 g/mol. The van der Waals surface area contributed by atoms with Gasteiger partial charge in [-0.3, -0.25) is 4.79 Å². The number of ether oxygens (including phenoxy) is 2. The number of hydrogen-bond donors (Lipinski definition) is 1. The van der Waals surface area contributed by atoms with Crippen molar-refractivity contribution in [2.75, 3.05) is 47.1 Å². The maximum atomic E-state index is 12.9. The number of nitrogens with zero attached hydrogens (tertiary/aromatic N) is 1. The summed E-state index contributed by atoms with van der Waals surface area (Å²) in [5.74, 6) is -0.660. The van der Waals surface area contributed by atoms with Gasteiger partial charge >= 0.3 is 0 Å². The zero-order valence-corrected chi connectivity index (χ0v) is 15.4. The molecule has 0 heterocycles. The standard InChI is InChI=1S/C16H25FN2O5S/c1-19(25(21,22)15-7-5-14(17)6-8-15)10-3-4-16(20)18-9-11-24-13-12-23-2/h5-8H,3-4,9-13H2,1-2H3,(H,18,20). The van der Waals surface area contributed by atoms with E-state index in [1.807, 2.05) is 0 Å². The highest BCUT2D eigenvalue weighted by atomic mass is 32.2. The molecule has 0 aliphatic carbocycles. The van der Waals surface area contributed by atoms with Gasteiger partial charge in [-0.25, -0.2) is 17.1 Å². The molecule has 1 aromatic carbocycles. The molecule has 0 atom stereocenters. The Morgan fingerprint density at radius 1 is 1.20 bits per heavy atom. The Balaban J connectivity index is 2.28. The first kappa shape index (κ1) is 21.5. The molecule has 0 saturated heterocycles. The van der Waals surface area contributed by atoms with E-state index in [4.69, 9.17) is 9.47 Å². The van der Waals surface area contributed by atoms with Crippen LogP contribution in [0.15, 0.2) is 29.2 Å². The number of sulfonamides is 1. The van der Waals surface area contributed by atoms with Gasteiger partial charge < -0.3 is 14.8 Å². The predicted octanol–water partition coefficient (Wildman–Crippen LogP) is 1.01. The molecule has 0 bridgehead atoms. The second-order valence-electron chi connectivity index (χ2n) is 5.34. The smallest absolute Gasteiger partial charge is 0.242 e. The molecule has 1 aromatic rings. The quantitative estimate of drug-likeness (QED) is 0.550. The Morgan fingerprint density at radius 2 is 1.88 bits per heavy atom. The van der Waals surface area contributed by atoms with Crippen LogP contribution in [0, 0.1) is 5.82 Å². The zero-order valence-electron chi connectivity index (χ0n) is 14.5. The average Bonchev–Trinajstić information content (AvgIpc) is 2.58. The second-order valence-corrected chi connectivity index (χ2v) is 7.38. The van der Waals surface area contributed by atoms with Crippen LogP contribution in [0.5, 0.6) is 0 Å². The van der Waals surface area contributed by atoms with Gasteiger partial charge in [-0.1, -0.05) is 0 Å². The van der Waals surface area contributed by atoms with Crippen LogP contribution in [-0.4, -0.2) is 65.7 Å². The Labute approximate surface area is 148 Å². The normalized spacial score (nSPS) is 11.7. The molecule has 142 valence electrons. The molecule has 0 unspecified atom stereocenters. The van der Waals surface area contributed by atoms with E-state index in [-0.39, 0.29) is 23.8 Å². The summed E-state index contributed by atoms with van der Waals surface area (Å²) in [5, 5.41) is 2.70. The molecule has 7 nitrogen and oxygen atoms in total. The zero-order chi connectivity index (χ0) is 18.7. The molecule has 1 rings (SSSR count). The molecule has 0 aliphatic heterocycles. The van der Waals surface area contributed by atoms with Crippen molar-refractivity contribution in [2.45, 2.75) is 17.7 Å². The lowest BCUT2D eigenvalue weighted by molar-refractivity contribution is -0.121. The minimum atomic E-state index is -3.68. The minimum Gasteiger partial charge on any atom is -0.382 e. The summed E-state index contributed by atoms with van der Waals surface area (Å²) < 4.78 is 48.7. The van der Waals surface area contributed by atoms with E-state index in [0.717, 1.165) is 16.4 Å². The van der Waals surface area contributed by atoms with Gasteiger partial charge in [0, 0.05) is 33.7 Å². The van der Waals surface area contributed by atoms with Crippen molar-refractivity contribution in [1.82, 2.24) is 9.62 Å². The number of benzene rings is 1. The summed E-state index contributed by atoms with van der Waals surface area (Å²) in [6.45, 7) is 1.96. The van der Waals surface area contributed by atoms with Crippen molar-refractivity contribution in [1.29, 1.82) is 0 Å². The highest BCUT2D eigenvalue weighted by Gasteiger charge is 2.20. The molecular formula is C16H25FN2O5S. The van der Waals surface area contributed by atoms with Gasteiger partial charge in [-0.15, -0.1) is 0 Å². The van der Waals surface area contributed by atoms with Crippen molar-refractivity contribution in [3.8, 4) is 0 Å². The average molecular weight is 376 g/mol. The Morgan fingerprint density at radius 3 is 2.52 bits per heavy atom. The van der Waals surface area contributed by atoms with E-state index in [9.17, 15) is 17.6 Å². The first-order valence-corrected chi connectivity index (χ1v) is 9.37. The fraction of sp³-hybridized carbons (Fsp3) is 0.562. The SMILES string of the molecule is COCCOCCNC(=O)CCCN(C)S(=O)(=O)c1ccc(F)cc1. The van der Waals surface area contributed by atoms with Crippen LogP contribution >= 0.6 is 0 Å². The lowest BCUT2D eigenvalue weighted by Gasteiger charge is -2.17. The molecule has 0 saturated carbocycles. The number of amides is 1. The van der Waals surface area contributed by atoms with E-state index >= 15 is 0 Å². The Hall–Kier alpha value is -1.55. The summed E-state index contributed by atoms with van der Waals surface area (Å²) in [4.78, 5) is 11.7. The number of carbonyl (C=O) groups is 1. The van der Waals surface area contributed by atoms with Crippen molar-refractivity contribution in [3.05, 3.63) is 30.1 Å². The maximum absolute atomic E-state index is 12.9. The van der Waals surface area contributed by atoms with Crippen molar-refractivity contribution in [3.63, 3.8) is 0 Å². The minimum absolute atomic E-state index is 0.0223. The fourth-order valence-electron chi connectivity index (χ4n) is 1.96. The van der Waals surface area contributed by atoms with Crippen LogP contribution < -0.4 is 5.32 Å². The van der Waals surface area contributed by atoms with E-state index in [0.29, 0.717) is 32.8 Å². The lowest BCUT2D eigenvalue weighted by Crippen LogP contribution is -2.30. The maximum Gasteiger partial charge on any atom is 0.242 e. The third-order valence-electron chi connectivity index (χ3n) is 3.40. The lowest BCUT2D eigenvalue weighted by atomic mass is 10.3. The number of methoxy groups -OCH3 is 1. The highest BCUT2D eigenvalue weighted by molar-refractivity contribution is 7.89. The van der Waals surface area contributed by atoms with Gasteiger partial charge in [0.15, 0.2) is 0 Å². The fourth-order valence-corrected chi connectivity index (χ4v) is 3.17. The van der Waals surface area contributed by atoms with E-state index < -0.39 is 15.8 Å².